The third kappa shape index (κ3) is 35.6. The van der Waals surface area contributed by atoms with Crippen LogP contribution in [0.3, 0.4) is 0 Å². The van der Waals surface area contributed by atoms with E-state index in [-0.39, 0.29) is 65.4 Å². The standard InChI is InChI=1S/C26H33N5O2.C20H23N5.C6H11BrO2.C4H8O.CH2O3.Na/c1-26(2,3)33-25(32)21-31(20-24-12-6-9-15-29-24)17-16-30(18-22-10-4-7-13-27-22)19-23-11-5-8-14-28-23;1-4-10-22-18(7-1)15-21-13-14-25(16-19-8-2-5-11-23-19)17-20-9-3-6-12-24-20;1-6(2,3)9-5(8)4-7;1-2-4-5-3-1;2-1-4-3;/h4-15H,16-21H2,1-3H3;1-12,21H,13-17H2;4H2,1-3H3;1-4H2;1,3H;/q;;;;;+1/p-1. The Labute approximate surface area is 486 Å². The number of hydrogen-bond donors (Lipinski definition) is 1. The van der Waals surface area contributed by atoms with Crippen LogP contribution < -0.4 is 40.1 Å². The maximum absolute atomic E-state index is 12.6. The summed E-state index contributed by atoms with van der Waals surface area (Å²) < 4.78 is 15.4. The molecule has 1 N–H and O–H groups in total. The van der Waals surface area contributed by atoms with E-state index in [1.807, 2.05) is 170 Å². The Morgan fingerprint density at radius 2 is 0.883 bits per heavy atom. The minimum absolute atomic E-state index is 0. The fourth-order valence-corrected chi connectivity index (χ4v) is 7.03. The van der Waals surface area contributed by atoms with E-state index in [4.69, 9.17) is 24.3 Å². The Morgan fingerprint density at radius 1 is 0.558 bits per heavy atom. The molecule has 1 aliphatic heterocycles. The molecule has 77 heavy (non-hydrogen) atoms. The number of pyridine rings is 6. The number of aromatic nitrogens is 6. The number of ether oxygens (including phenoxy) is 3. The van der Waals surface area contributed by atoms with Crippen molar-refractivity contribution in [2.24, 2.45) is 0 Å². The summed E-state index contributed by atoms with van der Waals surface area (Å²) in [6.45, 7) is 20.8. The van der Waals surface area contributed by atoms with Crippen LogP contribution in [0.1, 0.15) is 88.5 Å². The Hall–Kier alpha value is -5.45. The first-order chi connectivity index (χ1) is 36.6. The molecule has 0 amide bonds. The normalized spacial score (nSPS) is 11.7. The monoisotopic (exact) mass is 1130 g/mol. The molecule has 0 saturated carbocycles. The van der Waals surface area contributed by atoms with Gasteiger partial charge in [-0.2, -0.15) is 0 Å². The van der Waals surface area contributed by atoms with Crippen LogP contribution >= 0.6 is 15.9 Å². The summed E-state index contributed by atoms with van der Waals surface area (Å²) in [5.74, 6) is -0.457. The number of esters is 2. The zero-order valence-electron chi connectivity index (χ0n) is 45.9. The number of halogens is 1. The number of alkyl halides is 1. The van der Waals surface area contributed by atoms with Crippen LogP contribution in [0.25, 0.3) is 0 Å². The van der Waals surface area contributed by atoms with Crippen molar-refractivity contribution < 1.29 is 68.3 Å². The number of rotatable bonds is 22. The summed E-state index contributed by atoms with van der Waals surface area (Å²) in [6.07, 6.45) is 13.5. The summed E-state index contributed by atoms with van der Waals surface area (Å²) in [5, 5.41) is 12.2. The molecule has 1 saturated heterocycles. The van der Waals surface area contributed by atoms with Gasteiger partial charge in [-0.1, -0.05) is 52.3 Å². The molecule has 0 bridgehead atoms. The molecule has 0 atom stereocenters. The molecule has 6 aromatic heterocycles. The van der Waals surface area contributed by atoms with Crippen molar-refractivity contribution in [1.82, 2.24) is 49.9 Å². The first-order valence-electron chi connectivity index (χ1n) is 25.2. The van der Waals surface area contributed by atoms with Gasteiger partial charge in [-0.05, 0) is 127 Å². The van der Waals surface area contributed by atoms with Crippen LogP contribution in [0.2, 0.25) is 0 Å². The SMILES string of the molecule is C1CCOC1.CC(C)(C)OC(=O)CBr.CC(C)(C)OC(=O)CN(CCN(Cc1ccccn1)Cc1ccccn1)Cc1ccccn1.O=CO[O-].[Na+].c1ccc(CNCCN(Cc2ccccn2)Cc2ccccn2)nc1. The predicted octanol–water partition coefficient (Wildman–Crippen LogP) is 4.34. The minimum Gasteiger partial charge on any atom is -0.662 e. The number of nitrogens with one attached hydrogen (secondary N) is 1. The van der Waals surface area contributed by atoms with E-state index in [0.29, 0.717) is 26.2 Å². The van der Waals surface area contributed by atoms with Crippen molar-refractivity contribution in [3.05, 3.63) is 181 Å². The third-order valence-corrected chi connectivity index (χ3v) is 10.6. The van der Waals surface area contributed by atoms with Gasteiger partial charge in [0.25, 0.3) is 6.47 Å². The van der Waals surface area contributed by atoms with Gasteiger partial charge in [-0.3, -0.25) is 59.0 Å². The largest absolute Gasteiger partial charge is 1.00 e. The number of hydrogen-bond acceptors (Lipinski definition) is 18. The molecule has 1 fully saturated rings. The molecule has 20 heteroatoms. The molecule has 1 aliphatic rings. The van der Waals surface area contributed by atoms with Crippen LogP contribution in [0.5, 0.6) is 0 Å². The van der Waals surface area contributed by atoms with Crippen LogP contribution in [0.4, 0.5) is 0 Å². The molecule has 0 spiro atoms. The molecule has 0 aliphatic carbocycles. The van der Waals surface area contributed by atoms with Gasteiger partial charge < -0.3 is 29.7 Å². The van der Waals surface area contributed by atoms with Crippen molar-refractivity contribution in [1.29, 1.82) is 0 Å². The average molecular weight is 1130 g/mol. The molecule has 0 unspecified atom stereocenters. The topological polar surface area (TPSA) is 210 Å². The van der Waals surface area contributed by atoms with E-state index in [1.54, 1.807) is 6.20 Å². The molecular formula is C57H76BrN10NaO8. The number of nitrogens with zero attached hydrogens (tertiary/aromatic N) is 9. The zero-order chi connectivity index (χ0) is 55.1. The quantitative estimate of drug-likeness (QED) is 0.0191. The van der Waals surface area contributed by atoms with Gasteiger partial charge in [-0.25, -0.2) is 0 Å². The molecule has 410 valence electrons. The maximum atomic E-state index is 12.6. The van der Waals surface area contributed by atoms with Crippen LogP contribution in [-0.2, 0) is 72.8 Å². The summed E-state index contributed by atoms with van der Waals surface area (Å²) in [7, 11) is 0. The van der Waals surface area contributed by atoms with Crippen molar-refractivity contribution in [2.75, 3.05) is 51.3 Å². The van der Waals surface area contributed by atoms with Gasteiger partial charge in [0.05, 0.1) is 40.7 Å². The Kier molecular flexibility index (Phi) is 35.8. The van der Waals surface area contributed by atoms with Gasteiger partial charge in [0.15, 0.2) is 0 Å². The van der Waals surface area contributed by atoms with Crippen molar-refractivity contribution >= 4 is 34.3 Å². The summed E-state index contributed by atoms with van der Waals surface area (Å²) in [6, 6.07) is 35.8. The van der Waals surface area contributed by atoms with E-state index in [2.05, 4.69) is 82.9 Å². The number of carbonyl (C=O) groups is 3. The van der Waals surface area contributed by atoms with Gasteiger partial charge in [0, 0.05) is 116 Å². The summed E-state index contributed by atoms with van der Waals surface area (Å²) in [5.41, 5.74) is 5.24. The van der Waals surface area contributed by atoms with E-state index < -0.39 is 5.60 Å². The molecule has 7 rings (SSSR count). The van der Waals surface area contributed by atoms with Crippen molar-refractivity contribution in [3.8, 4) is 0 Å². The van der Waals surface area contributed by atoms with Crippen molar-refractivity contribution in [2.45, 2.75) is 105 Å². The first-order valence-corrected chi connectivity index (χ1v) is 26.3. The second kappa shape index (κ2) is 40.7. The maximum Gasteiger partial charge on any atom is 1.00 e. The Morgan fingerprint density at radius 3 is 1.17 bits per heavy atom. The third-order valence-electron chi connectivity index (χ3n) is 10.1. The van der Waals surface area contributed by atoms with E-state index >= 15 is 0 Å². The van der Waals surface area contributed by atoms with E-state index in [1.165, 1.54) is 12.8 Å². The van der Waals surface area contributed by atoms with Crippen molar-refractivity contribution in [3.63, 3.8) is 0 Å². The van der Waals surface area contributed by atoms with Crippen LogP contribution in [0, 0.1) is 0 Å². The molecule has 7 heterocycles. The van der Waals surface area contributed by atoms with Crippen LogP contribution in [0.15, 0.2) is 146 Å². The van der Waals surface area contributed by atoms with Gasteiger partial charge >= 0.3 is 41.5 Å². The molecule has 18 nitrogen and oxygen atoms in total. The average Bonchev–Trinajstić information content (AvgIpc) is 4.01. The van der Waals surface area contributed by atoms with Gasteiger partial charge in [-0.15, -0.1) is 0 Å². The summed E-state index contributed by atoms with van der Waals surface area (Å²) >= 11 is 2.99. The summed E-state index contributed by atoms with van der Waals surface area (Å²) in [4.78, 5) is 67.7. The van der Waals surface area contributed by atoms with E-state index in [0.717, 1.165) is 86.6 Å². The first kappa shape index (κ1) is 67.7. The molecule has 6 aromatic rings. The fraction of sp³-hybridized carbons (Fsp3) is 0.421. The number of carbonyl (C=O) groups excluding carboxylic acids is 3. The molecular weight excluding hydrogens is 1060 g/mol. The molecule has 0 aromatic carbocycles. The minimum atomic E-state index is -0.516. The van der Waals surface area contributed by atoms with E-state index in [9.17, 15) is 9.59 Å². The van der Waals surface area contributed by atoms with Crippen LogP contribution in [-0.4, -0.2) is 125 Å². The second-order valence-electron chi connectivity index (χ2n) is 19.1. The molecule has 0 radical (unpaired) electrons. The second-order valence-corrected chi connectivity index (χ2v) is 19.6. The predicted molar refractivity (Wildman–Crippen MR) is 293 cm³/mol. The Balaban J connectivity index is 0.000000401. The smallest absolute Gasteiger partial charge is 0.662 e. The van der Waals surface area contributed by atoms with Gasteiger partial charge in [0.1, 0.15) is 16.5 Å². The van der Waals surface area contributed by atoms with Gasteiger partial charge in [0.2, 0.25) is 0 Å². The fourth-order valence-electron chi connectivity index (χ4n) is 6.92. The zero-order valence-corrected chi connectivity index (χ0v) is 49.5. The Bertz CT molecular complexity index is 2310.